The minimum atomic E-state index is 0.517. The van der Waals surface area contributed by atoms with E-state index in [0.29, 0.717) is 6.04 Å². The molecule has 0 saturated heterocycles. The van der Waals surface area contributed by atoms with Crippen molar-refractivity contribution in [1.29, 1.82) is 0 Å². The molecular formula is C13H14N4S. The molecule has 18 heavy (non-hydrogen) atoms. The number of hydrogen-bond acceptors (Lipinski definition) is 4. The summed E-state index contributed by atoms with van der Waals surface area (Å²) in [4.78, 5) is 9.70. The Labute approximate surface area is 109 Å². The summed E-state index contributed by atoms with van der Waals surface area (Å²) in [5.74, 6) is 0. The standard InChI is InChI=1S/C13H14N4S/c1-10-9-18-13(16-12-4-5-12)17(10)15-8-11-3-2-6-14-7-11/h2-3,6-9,12H,4-5H2,1H3. The Bertz CT molecular complexity index is 620. The van der Waals surface area contributed by atoms with Crippen molar-refractivity contribution in [3.8, 4) is 0 Å². The van der Waals surface area contributed by atoms with Crippen LogP contribution in [-0.2, 0) is 0 Å². The molecule has 0 atom stereocenters. The average molecular weight is 258 g/mol. The summed E-state index contributed by atoms with van der Waals surface area (Å²) in [6, 6.07) is 4.40. The van der Waals surface area contributed by atoms with Gasteiger partial charge in [0.2, 0.25) is 4.80 Å². The van der Waals surface area contributed by atoms with Crippen LogP contribution in [0.25, 0.3) is 0 Å². The maximum absolute atomic E-state index is 4.66. The summed E-state index contributed by atoms with van der Waals surface area (Å²) in [7, 11) is 0. The summed E-state index contributed by atoms with van der Waals surface area (Å²) in [5.41, 5.74) is 2.10. The molecule has 5 heteroatoms. The quantitative estimate of drug-likeness (QED) is 0.778. The van der Waals surface area contributed by atoms with Crippen LogP contribution in [0, 0.1) is 6.92 Å². The van der Waals surface area contributed by atoms with E-state index in [1.54, 1.807) is 23.7 Å². The first kappa shape index (κ1) is 11.3. The number of pyridine rings is 1. The van der Waals surface area contributed by atoms with Gasteiger partial charge in [0, 0.05) is 23.3 Å². The van der Waals surface area contributed by atoms with E-state index >= 15 is 0 Å². The normalized spacial score (nSPS) is 16.6. The lowest BCUT2D eigenvalue weighted by Crippen LogP contribution is -2.13. The number of aromatic nitrogens is 2. The molecule has 2 aromatic heterocycles. The Hall–Kier alpha value is -1.75. The largest absolute Gasteiger partial charge is 0.264 e. The van der Waals surface area contributed by atoms with Crippen LogP contribution in [0.1, 0.15) is 24.1 Å². The molecule has 2 heterocycles. The molecule has 92 valence electrons. The third kappa shape index (κ3) is 2.56. The maximum Gasteiger partial charge on any atom is 0.206 e. The second-order valence-electron chi connectivity index (χ2n) is 4.36. The Morgan fingerprint density at radius 2 is 2.39 bits per heavy atom. The van der Waals surface area contributed by atoms with E-state index < -0.39 is 0 Å². The number of rotatable bonds is 3. The van der Waals surface area contributed by atoms with Gasteiger partial charge in [0.25, 0.3) is 0 Å². The van der Waals surface area contributed by atoms with Gasteiger partial charge in [-0.05, 0) is 25.8 Å². The van der Waals surface area contributed by atoms with Gasteiger partial charge < -0.3 is 0 Å². The van der Waals surface area contributed by atoms with Crippen LogP contribution in [0.4, 0.5) is 0 Å². The highest BCUT2D eigenvalue weighted by atomic mass is 32.1. The molecular weight excluding hydrogens is 244 g/mol. The summed E-state index contributed by atoms with van der Waals surface area (Å²) in [6.07, 6.45) is 7.79. The van der Waals surface area contributed by atoms with E-state index in [-0.39, 0.29) is 0 Å². The molecule has 1 saturated carbocycles. The van der Waals surface area contributed by atoms with Gasteiger partial charge in [-0.3, -0.25) is 9.98 Å². The van der Waals surface area contributed by atoms with Crippen molar-refractivity contribution in [3.05, 3.63) is 46.0 Å². The van der Waals surface area contributed by atoms with Crippen LogP contribution in [0.3, 0.4) is 0 Å². The number of aryl methyl sites for hydroxylation is 1. The third-order valence-electron chi connectivity index (χ3n) is 2.70. The lowest BCUT2D eigenvalue weighted by atomic mass is 10.3. The van der Waals surface area contributed by atoms with Crippen molar-refractivity contribution in [2.24, 2.45) is 10.1 Å². The fourth-order valence-corrected chi connectivity index (χ4v) is 2.43. The Morgan fingerprint density at radius 1 is 1.50 bits per heavy atom. The molecule has 0 radical (unpaired) electrons. The highest BCUT2D eigenvalue weighted by Crippen LogP contribution is 2.22. The first-order valence-corrected chi connectivity index (χ1v) is 6.86. The molecule has 0 aromatic carbocycles. The van der Waals surface area contributed by atoms with Crippen LogP contribution in [0.2, 0.25) is 0 Å². The van der Waals surface area contributed by atoms with Gasteiger partial charge in [-0.25, -0.2) is 4.68 Å². The number of hydrogen-bond donors (Lipinski definition) is 0. The lowest BCUT2D eigenvalue weighted by molar-refractivity contribution is 0.786. The highest BCUT2D eigenvalue weighted by Gasteiger charge is 2.20. The Kier molecular flexibility index (Phi) is 3.06. The van der Waals surface area contributed by atoms with Gasteiger partial charge in [-0.15, -0.1) is 11.3 Å². The van der Waals surface area contributed by atoms with Gasteiger partial charge >= 0.3 is 0 Å². The summed E-state index contributed by atoms with van der Waals surface area (Å²) >= 11 is 1.65. The van der Waals surface area contributed by atoms with Gasteiger partial charge in [-0.2, -0.15) is 5.10 Å². The van der Waals surface area contributed by atoms with E-state index in [9.17, 15) is 0 Å². The van der Waals surface area contributed by atoms with Crippen molar-refractivity contribution in [2.75, 3.05) is 0 Å². The third-order valence-corrected chi connectivity index (χ3v) is 3.64. The average Bonchev–Trinajstić information content (AvgIpc) is 3.14. The van der Waals surface area contributed by atoms with Crippen molar-refractivity contribution in [2.45, 2.75) is 25.8 Å². The number of thiazole rings is 1. The molecule has 3 rings (SSSR count). The first-order chi connectivity index (χ1) is 8.83. The second kappa shape index (κ2) is 4.86. The van der Waals surface area contributed by atoms with Crippen molar-refractivity contribution < 1.29 is 0 Å². The topological polar surface area (TPSA) is 42.5 Å². The molecule has 0 amide bonds. The predicted molar refractivity (Wildman–Crippen MR) is 72.9 cm³/mol. The molecule has 4 nitrogen and oxygen atoms in total. The van der Waals surface area contributed by atoms with Crippen LogP contribution >= 0.6 is 11.3 Å². The fraction of sp³-hybridized carbons (Fsp3) is 0.308. The molecule has 2 aromatic rings. The summed E-state index contributed by atoms with van der Waals surface area (Å²) < 4.78 is 1.90. The maximum atomic E-state index is 4.66. The van der Waals surface area contributed by atoms with Crippen LogP contribution in [-0.4, -0.2) is 21.9 Å². The van der Waals surface area contributed by atoms with Gasteiger partial charge in [0.05, 0.1) is 18.0 Å². The molecule has 0 aliphatic heterocycles. The SMILES string of the molecule is Cc1csc(=NC2CC2)n1N=Cc1cccnc1. The minimum Gasteiger partial charge on any atom is -0.264 e. The van der Waals surface area contributed by atoms with E-state index in [4.69, 9.17) is 0 Å². The van der Waals surface area contributed by atoms with Gasteiger partial charge in [0.1, 0.15) is 0 Å². The van der Waals surface area contributed by atoms with Crippen molar-refractivity contribution >= 4 is 17.6 Å². The molecule has 1 fully saturated rings. The van der Waals surface area contributed by atoms with E-state index in [2.05, 4.69) is 20.5 Å². The smallest absolute Gasteiger partial charge is 0.206 e. The zero-order valence-electron chi connectivity index (χ0n) is 10.2. The summed E-state index contributed by atoms with van der Waals surface area (Å²) in [5, 5.41) is 6.57. The van der Waals surface area contributed by atoms with E-state index in [1.165, 1.54) is 12.8 Å². The van der Waals surface area contributed by atoms with E-state index in [0.717, 1.165) is 16.1 Å². The monoisotopic (exact) mass is 258 g/mol. The van der Waals surface area contributed by atoms with Crippen molar-refractivity contribution in [1.82, 2.24) is 9.66 Å². The molecule has 0 bridgehead atoms. The highest BCUT2D eigenvalue weighted by molar-refractivity contribution is 7.07. The Morgan fingerprint density at radius 3 is 3.11 bits per heavy atom. The minimum absolute atomic E-state index is 0.517. The van der Waals surface area contributed by atoms with Gasteiger partial charge in [-0.1, -0.05) is 6.07 Å². The molecule has 0 N–H and O–H groups in total. The van der Waals surface area contributed by atoms with Crippen LogP contribution < -0.4 is 4.80 Å². The summed E-state index contributed by atoms with van der Waals surface area (Å²) in [6.45, 7) is 2.04. The number of nitrogens with zero attached hydrogens (tertiary/aromatic N) is 4. The fourth-order valence-electron chi connectivity index (χ4n) is 1.55. The molecule has 1 aliphatic carbocycles. The van der Waals surface area contributed by atoms with Crippen LogP contribution in [0.5, 0.6) is 0 Å². The molecule has 0 unspecified atom stereocenters. The van der Waals surface area contributed by atoms with Crippen LogP contribution in [0.15, 0.2) is 40.0 Å². The van der Waals surface area contributed by atoms with E-state index in [1.807, 2.05) is 29.9 Å². The predicted octanol–water partition coefficient (Wildman–Crippen LogP) is 2.20. The first-order valence-electron chi connectivity index (χ1n) is 5.98. The Balaban J connectivity index is 1.92. The zero-order chi connectivity index (χ0) is 12.4. The lowest BCUT2D eigenvalue weighted by Gasteiger charge is -1.97. The molecule has 0 spiro atoms. The zero-order valence-corrected chi connectivity index (χ0v) is 11.0. The van der Waals surface area contributed by atoms with Gasteiger partial charge in [0.15, 0.2) is 0 Å². The van der Waals surface area contributed by atoms with Crippen molar-refractivity contribution in [3.63, 3.8) is 0 Å². The molecule has 1 aliphatic rings. The second-order valence-corrected chi connectivity index (χ2v) is 5.20.